The predicted molar refractivity (Wildman–Crippen MR) is 94.9 cm³/mol. The minimum Gasteiger partial charge on any atom is -0.489 e. The van der Waals surface area contributed by atoms with Crippen LogP contribution in [0.3, 0.4) is 0 Å². The summed E-state index contributed by atoms with van der Waals surface area (Å²) in [5, 5.41) is 0.881. The van der Waals surface area contributed by atoms with Crippen molar-refractivity contribution in [1.82, 2.24) is 4.98 Å². The zero-order chi connectivity index (χ0) is 16.1. The SMILES string of the molecule is Cc1oc(-c2ccc(OCc3ccccc3)cc2)nc1CCBr. The van der Waals surface area contributed by atoms with Gasteiger partial charge in [0.25, 0.3) is 0 Å². The Hall–Kier alpha value is -2.07. The molecule has 3 aromatic rings. The number of halogens is 1. The van der Waals surface area contributed by atoms with E-state index in [0.717, 1.165) is 40.1 Å². The molecule has 0 radical (unpaired) electrons. The number of benzene rings is 2. The molecular formula is C19H18BrNO2. The van der Waals surface area contributed by atoms with Crippen molar-refractivity contribution >= 4 is 15.9 Å². The first-order valence-electron chi connectivity index (χ1n) is 7.55. The lowest BCUT2D eigenvalue weighted by atomic mass is 10.2. The van der Waals surface area contributed by atoms with Gasteiger partial charge in [-0.1, -0.05) is 46.3 Å². The number of aryl methyl sites for hydroxylation is 2. The fourth-order valence-corrected chi connectivity index (χ4v) is 2.68. The first-order valence-corrected chi connectivity index (χ1v) is 8.68. The Kier molecular flexibility index (Phi) is 5.13. The Morgan fingerprint density at radius 3 is 2.48 bits per heavy atom. The van der Waals surface area contributed by atoms with Gasteiger partial charge in [-0.3, -0.25) is 0 Å². The van der Waals surface area contributed by atoms with E-state index in [-0.39, 0.29) is 0 Å². The number of aromatic nitrogens is 1. The molecule has 0 N–H and O–H groups in total. The van der Waals surface area contributed by atoms with Crippen LogP contribution in [0.1, 0.15) is 17.0 Å². The predicted octanol–water partition coefficient (Wildman–Crippen LogP) is 5.17. The van der Waals surface area contributed by atoms with Crippen LogP contribution >= 0.6 is 15.9 Å². The zero-order valence-electron chi connectivity index (χ0n) is 13.0. The molecule has 0 aliphatic rings. The average Bonchev–Trinajstić information content (AvgIpc) is 2.96. The lowest BCUT2D eigenvalue weighted by molar-refractivity contribution is 0.306. The third-order valence-corrected chi connectivity index (χ3v) is 3.97. The molecule has 3 nitrogen and oxygen atoms in total. The monoisotopic (exact) mass is 371 g/mol. The van der Waals surface area contributed by atoms with Crippen LogP contribution in [0, 0.1) is 6.92 Å². The third kappa shape index (κ3) is 4.02. The van der Waals surface area contributed by atoms with Crippen LogP contribution in [0.2, 0.25) is 0 Å². The summed E-state index contributed by atoms with van der Waals surface area (Å²) in [5.41, 5.74) is 3.11. The smallest absolute Gasteiger partial charge is 0.226 e. The molecule has 0 atom stereocenters. The molecule has 0 fully saturated rings. The molecule has 0 spiro atoms. The summed E-state index contributed by atoms with van der Waals surface area (Å²) in [5.74, 6) is 2.37. The minimum atomic E-state index is 0.563. The van der Waals surface area contributed by atoms with Gasteiger partial charge in [0.05, 0.1) is 5.69 Å². The van der Waals surface area contributed by atoms with Crippen LogP contribution in [0.25, 0.3) is 11.5 Å². The Morgan fingerprint density at radius 2 is 1.78 bits per heavy atom. The van der Waals surface area contributed by atoms with Gasteiger partial charge in [-0.2, -0.15) is 0 Å². The van der Waals surface area contributed by atoms with Crippen molar-refractivity contribution in [3.63, 3.8) is 0 Å². The van der Waals surface area contributed by atoms with Gasteiger partial charge in [-0.15, -0.1) is 0 Å². The van der Waals surface area contributed by atoms with E-state index in [1.54, 1.807) is 0 Å². The van der Waals surface area contributed by atoms with Crippen molar-refractivity contribution in [2.24, 2.45) is 0 Å². The standard InChI is InChI=1S/C19H18BrNO2/c1-14-18(11-12-20)21-19(23-14)16-7-9-17(10-8-16)22-13-15-5-3-2-4-6-15/h2-10H,11-13H2,1H3. The number of rotatable bonds is 6. The van der Waals surface area contributed by atoms with E-state index in [4.69, 9.17) is 9.15 Å². The zero-order valence-corrected chi connectivity index (χ0v) is 14.5. The molecule has 2 aromatic carbocycles. The number of ether oxygens (including phenoxy) is 1. The van der Waals surface area contributed by atoms with Gasteiger partial charge in [-0.05, 0) is 36.8 Å². The van der Waals surface area contributed by atoms with Gasteiger partial charge in [0.2, 0.25) is 5.89 Å². The van der Waals surface area contributed by atoms with E-state index in [2.05, 4.69) is 33.0 Å². The molecular weight excluding hydrogens is 354 g/mol. The van der Waals surface area contributed by atoms with E-state index in [0.29, 0.717) is 12.5 Å². The van der Waals surface area contributed by atoms with Gasteiger partial charge in [0.15, 0.2) is 0 Å². The largest absolute Gasteiger partial charge is 0.489 e. The van der Waals surface area contributed by atoms with Crippen molar-refractivity contribution in [3.8, 4) is 17.2 Å². The molecule has 23 heavy (non-hydrogen) atoms. The number of alkyl halides is 1. The lowest BCUT2D eigenvalue weighted by Gasteiger charge is -2.06. The highest BCUT2D eigenvalue weighted by molar-refractivity contribution is 9.09. The van der Waals surface area contributed by atoms with Crippen molar-refractivity contribution < 1.29 is 9.15 Å². The molecule has 1 heterocycles. The van der Waals surface area contributed by atoms with Crippen LogP contribution in [0.15, 0.2) is 59.0 Å². The summed E-state index contributed by atoms with van der Waals surface area (Å²) in [7, 11) is 0. The molecule has 0 bridgehead atoms. The summed E-state index contributed by atoms with van der Waals surface area (Å²) < 4.78 is 11.5. The Balaban J connectivity index is 1.68. The van der Waals surface area contributed by atoms with E-state index in [1.165, 1.54) is 0 Å². The summed E-state index contributed by atoms with van der Waals surface area (Å²) in [4.78, 5) is 4.56. The van der Waals surface area contributed by atoms with Crippen LogP contribution in [0.4, 0.5) is 0 Å². The maximum absolute atomic E-state index is 5.79. The third-order valence-electron chi connectivity index (χ3n) is 3.57. The Bertz CT molecular complexity index is 751. The number of nitrogens with zero attached hydrogens (tertiary/aromatic N) is 1. The van der Waals surface area contributed by atoms with E-state index in [1.807, 2.05) is 49.4 Å². The van der Waals surface area contributed by atoms with Crippen LogP contribution < -0.4 is 4.74 Å². The van der Waals surface area contributed by atoms with Crippen molar-refractivity contribution in [3.05, 3.63) is 71.6 Å². The van der Waals surface area contributed by atoms with Crippen molar-refractivity contribution in [1.29, 1.82) is 0 Å². The second-order valence-corrected chi connectivity index (χ2v) is 6.05. The lowest BCUT2D eigenvalue weighted by Crippen LogP contribution is -1.94. The van der Waals surface area contributed by atoms with Gasteiger partial charge in [-0.25, -0.2) is 4.98 Å². The van der Waals surface area contributed by atoms with E-state index >= 15 is 0 Å². The number of hydrogen-bond acceptors (Lipinski definition) is 3. The van der Waals surface area contributed by atoms with Crippen molar-refractivity contribution in [2.75, 3.05) is 5.33 Å². The molecule has 1 aromatic heterocycles. The molecule has 4 heteroatoms. The molecule has 0 aliphatic carbocycles. The fraction of sp³-hybridized carbons (Fsp3) is 0.211. The maximum Gasteiger partial charge on any atom is 0.226 e. The highest BCUT2D eigenvalue weighted by Crippen LogP contribution is 2.24. The second kappa shape index (κ2) is 7.47. The van der Waals surface area contributed by atoms with Crippen molar-refractivity contribution in [2.45, 2.75) is 20.0 Å². The van der Waals surface area contributed by atoms with E-state index in [9.17, 15) is 0 Å². The van der Waals surface area contributed by atoms with Gasteiger partial charge < -0.3 is 9.15 Å². The van der Waals surface area contributed by atoms with Crippen LogP contribution in [-0.4, -0.2) is 10.3 Å². The molecule has 0 aliphatic heterocycles. The average molecular weight is 372 g/mol. The second-order valence-electron chi connectivity index (χ2n) is 5.26. The van der Waals surface area contributed by atoms with Gasteiger partial charge >= 0.3 is 0 Å². The van der Waals surface area contributed by atoms with Gasteiger partial charge in [0, 0.05) is 17.3 Å². The first-order chi connectivity index (χ1) is 11.3. The highest BCUT2D eigenvalue weighted by Gasteiger charge is 2.10. The number of hydrogen-bond donors (Lipinski definition) is 0. The molecule has 3 rings (SSSR count). The van der Waals surface area contributed by atoms with E-state index < -0.39 is 0 Å². The summed E-state index contributed by atoms with van der Waals surface area (Å²) >= 11 is 3.43. The molecule has 0 saturated carbocycles. The Labute approximate surface area is 144 Å². The van der Waals surface area contributed by atoms with Gasteiger partial charge in [0.1, 0.15) is 18.1 Å². The highest BCUT2D eigenvalue weighted by atomic mass is 79.9. The quantitative estimate of drug-likeness (QED) is 0.560. The molecule has 0 unspecified atom stereocenters. The topological polar surface area (TPSA) is 35.3 Å². The molecule has 0 saturated heterocycles. The Morgan fingerprint density at radius 1 is 1.04 bits per heavy atom. The minimum absolute atomic E-state index is 0.563. The maximum atomic E-state index is 5.79. The summed E-state index contributed by atoms with van der Waals surface area (Å²) in [6.07, 6.45) is 0.869. The summed E-state index contributed by atoms with van der Waals surface area (Å²) in [6.45, 7) is 2.51. The molecule has 118 valence electrons. The van der Waals surface area contributed by atoms with Crippen LogP contribution in [-0.2, 0) is 13.0 Å². The van der Waals surface area contributed by atoms with Crippen LogP contribution in [0.5, 0.6) is 5.75 Å². The normalized spacial score (nSPS) is 10.7. The molecule has 0 amide bonds. The first kappa shape index (κ1) is 15.8. The summed E-state index contributed by atoms with van der Waals surface area (Å²) in [6, 6.07) is 18.0. The number of oxazole rings is 1. The fourth-order valence-electron chi connectivity index (χ4n) is 2.31.